The molecule has 0 atom stereocenters. The van der Waals surface area contributed by atoms with Gasteiger partial charge in [0.1, 0.15) is 5.60 Å². The van der Waals surface area contributed by atoms with Gasteiger partial charge in [0.2, 0.25) is 0 Å². The van der Waals surface area contributed by atoms with Crippen molar-refractivity contribution in [2.24, 2.45) is 0 Å². The van der Waals surface area contributed by atoms with Gasteiger partial charge in [0, 0.05) is 13.1 Å². The molecule has 0 aromatic heterocycles. The van der Waals surface area contributed by atoms with Gasteiger partial charge in [0.05, 0.1) is 6.42 Å². The Balaban J connectivity index is 4.30. The molecule has 0 bridgehead atoms. The van der Waals surface area contributed by atoms with Crippen LogP contribution in [0.4, 0.5) is 4.79 Å². The number of carboxylic acids is 1. The van der Waals surface area contributed by atoms with E-state index in [1.807, 2.05) is 0 Å². The zero-order valence-electron chi connectivity index (χ0n) is 12.6. The van der Waals surface area contributed by atoms with E-state index < -0.39 is 17.7 Å². The minimum Gasteiger partial charge on any atom is -0.481 e. The minimum atomic E-state index is -0.901. The fourth-order valence-electron chi connectivity index (χ4n) is 1.58. The molecule has 1 N–H and O–H groups in total. The maximum atomic E-state index is 11.9. The molecule has 0 aliphatic carbocycles. The van der Waals surface area contributed by atoms with Crippen molar-refractivity contribution in [3.05, 3.63) is 0 Å². The maximum absolute atomic E-state index is 11.9. The molecule has 0 saturated heterocycles. The van der Waals surface area contributed by atoms with Gasteiger partial charge in [-0.05, 0) is 27.2 Å². The highest BCUT2D eigenvalue weighted by atomic mass is 16.6. The van der Waals surface area contributed by atoms with Crippen molar-refractivity contribution in [3.63, 3.8) is 0 Å². The molecule has 0 rings (SSSR count). The summed E-state index contributed by atoms with van der Waals surface area (Å²) in [5.41, 5.74) is -0.554. The first-order valence-electron chi connectivity index (χ1n) is 6.96. The fraction of sp³-hybridized carbons (Fsp3) is 0.857. The number of unbranched alkanes of at least 4 members (excludes halogenated alkanes) is 3. The Morgan fingerprint density at radius 2 is 1.74 bits per heavy atom. The molecule has 0 spiro atoms. The Morgan fingerprint density at radius 3 is 2.21 bits per heavy atom. The van der Waals surface area contributed by atoms with Gasteiger partial charge in [-0.15, -0.1) is 0 Å². The van der Waals surface area contributed by atoms with Crippen LogP contribution in [0.5, 0.6) is 0 Å². The van der Waals surface area contributed by atoms with Gasteiger partial charge in [-0.1, -0.05) is 26.2 Å². The smallest absolute Gasteiger partial charge is 0.410 e. The summed E-state index contributed by atoms with van der Waals surface area (Å²) in [6, 6.07) is 0. The standard InChI is InChI=1S/C14H27NO4/c1-5-6-7-8-10-15(11-9-12(16)17)13(18)19-14(2,3)4/h5-11H2,1-4H3,(H,16,17). The van der Waals surface area contributed by atoms with Crippen LogP contribution in [0.1, 0.15) is 59.8 Å². The molecular formula is C14H27NO4. The van der Waals surface area contributed by atoms with E-state index in [-0.39, 0.29) is 13.0 Å². The van der Waals surface area contributed by atoms with Crippen LogP contribution in [-0.2, 0) is 9.53 Å². The molecule has 0 aliphatic heterocycles. The minimum absolute atomic E-state index is 0.0486. The summed E-state index contributed by atoms with van der Waals surface area (Å²) in [7, 11) is 0. The second-order valence-electron chi connectivity index (χ2n) is 5.67. The van der Waals surface area contributed by atoms with Crippen LogP contribution in [0.15, 0.2) is 0 Å². The number of ether oxygens (including phenoxy) is 1. The zero-order chi connectivity index (χ0) is 14.9. The number of hydrogen-bond acceptors (Lipinski definition) is 3. The van der Waals surface area contributed by atoms with E-state index in [0.29, 0.717) is 6.54 Å². The first-order chi connectivity index (χ1) is 8.76. The molecular weight excluding hydrogens is 246 g/mol. The molecule has 0 fully saturated rings. The molecule has 19 heavy (non-hydrogen) atoms. The van der Waals surface area contributed by atoms with Gasteiger partial charge >= 0.3 is 12.1 Å². The van der Waals surface area contributed by atoms with Crippen LogP contribution in [0.3, 0.4) is 0 Å². The summed E-state index contributed by atoms with van der Waals surface area (Å²) >= 11 is 0. The average molecular weight is 273 g/mol. The number of amides is 1. The number of rotatable bonds is 8. The first kappa shape index (κ1) is 17.7. The number of carbonyl (C=O) groups excluding carboxylic acids is 1. The first-order valence-corrected chi connectivity index (χ1v) is 6.96. The number of aliphatic carboxylic acids is 1. The van der Waals surface area contributed by atoms with Crippen LogP contribution < -0.4 is 0 Å². The predicted molar refractivity (Wildman–Crippen MR) is 74.2 cm³/mol. The highest BCUT2D eigenvalue weighted by molar-refractivity contribution is 5.70. The summed E-state index contributed by atoms with van der Waals surface area (Å²) in [4.78, 5) is 24.1. The Labute approximate surface area is 115 Å². The normalized spacial score (nSPS) is 11.2. The van der Waals surface area contributed by atoms with Gasteiger partial charge in [0.25, 0.3) is 0 Å². The van der Waals surface area contributed by atoms with Gasteiger partial charge in [-0.25, -0.2) is 4.79 Å². The molecule has 0 radical (unpaired) electrons. The number of carbonyl (C=O) groups is 2. The lowest BCUT2D eigenvalue weighted by molar-refractivity contribution is -0.137. The fourth-order valence-corrected chi connectivity index (χ4v) is 1.58. The van der Waals surface area contributed by atoms with Crippen LogP contribution >= 0.6 is 0 Å². The zero-order valence-corrected chi connectivity index (χ0v) is 12.6. The summed E-state index contributed by atoms with van der Waals surface area (Å²) in [5.74, 6) is -0.901. The summed E-state index contributed by atoms with van der Waals surface area (Å²) in [6.45, 7) is 8.29. The van der Waals surface area contributed by atoms with Crippen molar-refractivity contribution in [1.82, 2.24) is 4.90 Å². The van der Waals surface area contributed by atoms with Crippen molar-refractivity contribution >= 4 is 12.1 Å². The molecule has 0 aliphatic rings. The molecule has 0 saturated carbocycles. The Kier molecular flexibility index (Phi) is 8.19. The van der Waals surface area contributed by atoms with Gasteiger partial charge in [0.15, 0.2) is 0 Å². The van der Waals surface area contributed by atoms with Crippen LogP contribution in [0, 0.1) is 0 Å². The van der Waals surface area contributed by atoms with Crippen molar-refractivity contribution < 1.29 is 19.4 Å². The molecule has 112 valence electrons. The molecule has 0 unspecified atom stereocenters. The quantitative estimate of drug-likeness (QED) is 0.689. The SMILES string of the molecule is CCCCCCN(CCC(=O)O)C(=O)OC(C)(C)C. The lowest BCUT2D eigenvalue weighted by Crippen LogP contribution is -2.38. The third kappa shape index (κ3) is 10.4. The molecule has 5 heteroatoms. The van der Waals surface area contributed by atoms with E-state index in [1.165, 1.54) is 4.90 Å². The van der Waals surface area contributed by atoms with Crippen molar-refractivity contribution in [2.75, 3.05) is 13.1 Å². The molecule has 0 heterocycles. The molecule has 5 nitrogen and oxygen atoms in total. The number of hydrogen-bond donors (Lipinski definition) is 1. The molecule has 0 aromatic carbocycles. The monoisotopic (exact) mass is 273 g/mol. The van der Waals surface area contributed by atoms with Crippen LogP contribution in [0.2, 0.25) is 0 Å². The van der Waals surface area contributed by atoms with Crippen molar-refractivity contribution in [3.8, 4) is 0 Å². The highest BCUT2D eigenvalue weighted by Gasteiger charge is 2.22. The van der Waals surface area contributed by atoms with E-state index in [2.05, 4.69) is 6.92 Å². The lowest BCUT2D eigenvalue weighted by Gasteiger charge is -2.27. The van der Waals surface area contributed by atoms with Gasteiger partial charge in [-0.3, -0.25) is 4.79 Å². The predicted octanol–water partition coefficient (Wildman–Crippen LogP) is 3.28. The topological polar surface area (TPSA) is 66.8 Å². The third-order valence-electron chi connectivity index (χ3n) is 2.53. The summed E-state index contributed by atoms with van der Waals surface area (Å²) < 4.78 is 5.28. The van der Waals surface area contributed by atoms with Crippen molar-refractivity contribution in [2.45, 2.75) is 65.4 Å². The van der Waals surface area contributed by atoms with Gasteiger partial charge in [-0.2, -0.15) is 0 Å². The van der Waals surface area contributed by atoms with Crippen LogP contribution in [0.25, 0.3) is 0 Å². The van der Waals surface area contributed by atoms with Crippen LogP contribution in [-0.4, -0.2) is 40.8 Å². The number of nitrogens with zero attached hydrogens (tertiary/aromatic N) is 1. The lowest BCUT2D eigenvalue weighted by atomic mass is 10.2. The largest absolute Gasteiger partial charge is 0.481 e. The number of carboxylic acid groups (broad SMARTS) is 1. The third-order valence-corrected chi connectivity index (χ3v) is 2.53. The maximum Gasteiger partial charge on any atom is 0.410 e. The van der Waals surface area contributed by atoms with Crippen molar-refractivity contribution in [1.29, 1.82) is 0 Å². The summed E-state index contributed by atoms with van der Waals surface area (Å²) in [6.07, 6.45) is 3.70. The van der Waals surface area contributed by atoms with Gasteiger partial charge < -0.3 is 14.7 Å². The summed E-state index contributed by atoms with van der Waals surface area (Å²) in [5, 5.41) is 8.71. The van der Waals surface area contributed by atoms with E-state index in [4.69, 9.17) is 9.84 Å². The van der Waals surface area contributed by atoms with E-state index >= 15 is 0 Å². The Morgan fingerprint density at radius 1 is 1.11 bits per heavy atom. The molecule has 1 amide bonds. The van der Waals surface area contributed by atoms with E-state index in [1.54, 1.807) is 20.8 Å². The van der Waals surface area contributed by atoms with E-state index in [9.17, 15) is 9.59 Å². The average Bonchev–Trinajstić information content (AvgIpc) is 2.25. The highest BCUT2D eigenvalue weighted by Crippen LogP contribution is 2.11. The Bertz CT molecular complexity index is 284. The second-order valence-corrected chi connectivity index (χ2v) is 5.67. The molecule has 0 aromatic rings. The second kappa shape index (κ2) is 8.77. The van der Waals surface area contributed by atoms with E-state index in [0.717, 1.165) is 25.7 Å². The Hall–Kier alpha value is -1.26.